The van der Waals surface area contributed by atoms with Gasteiger partial charge in [-0.05, 0) is 30.9 Å². The number of nitrogens with one attached hydrogen (secondary N) is 2. The van der Waals surface area contributed by atoms with Crippen LogP contribution in [0.2, 0.25) is 5.02 Å². The number of hydrogen-bond acceptors (Lipinski definition) is 3. The Kier molecular flexibility index (Phi) is 9.35. The van der Waals surface area contributed by atoms with Crippen LogP contribution in [0.5, 0.6) is 0 Å². The highest BCUT2D eigenvalue weighted by atomic mass is 127. The highest BCUT2D eigenvalue weighted by molar-refractivity contribution is 14.0. The van der Waals surface area contributed by atoms with Crippen molar-refractivity contribution in [2.24, 2.45) is 4.99 Å². The second-order valence-corrected chi connectivity index (χ2v) is 6.47. The molecule has 1 aliphatic rings. The van der Waals surface area contributed by atoms with E-state index in [1.54, 1.807) is 0 Å². The van der Waals surface area contributed by atoms with Gasteiger partial charge in [0.25, 0.3) is 0 Å². The molecule has 0 spiro atoms. The zero-order chi connectivity index (χ0) is 15.1. The van der Waals surface area contributed by atoms with Crippen LogP contribution in [0.1, 0.15) is 6.42 Å². The monoisotopic (exact) mass is 454 g/mol. The molecule has 1 aromatic rings. The standard InChI is InChI=1S/C15H23ClN4S.HI/c1-17-15(18-7-9-21-2)19-13-6-8-20(11-13)14-5-3-4-12(16)10-14;/h3-5,10,13H,6-9,11H2,1-2H3,(H2,17,18,19);1H. The van der Waals surface area contributed by atoms with Crippen LogP contribution in [0.15, 0.2) is 29.3 Å². The lowest BCUT2D eigenvalue weighted by Crippen LogP contribution is -2.45. The second-order valence-electron chi connectivity index (χ2n) is 5.05. The van der Waals surface area contributed by atoms with Gasteiger partial charge in [0.2, 0.25) is 0 Å². The first-order chi connectivity index (χ1) is 10.2. The van der Waals surface area contributed by atoms with E-state index in [1.807, 2.05) is 37.0 Å². The second kappa shape index (κ2) is 10.4. The number of hydrogen-bond donors (Lipinski definition) is 2. The summed E-state index contributed by atoms with van der Waals surface area (Å²) in [6, 6.07) is 8.47. The molecule has 0 bridgehead atoms. The van der Waals surface area contributed by atoms with Gasteiger partial charge in [-0.2, -0.15) is 11.8 Å². The van der Waals surface area contributed by atoms with Gasteiger partial charge < -0.3 is 15.5 Å². The smallest absolute Gasteiger partial charge is 0.191 e. The van der Waals surface area contributed by atoms with E-state index in [4.69, 9.17) is 11.6 Å². The molecule has 2 rings (SSSR count). The molecule has 1 heterocycles. The molecule has 1 aliphatic heterocycles. The summed E-state index contributed by atoms with van der Waals surface area (Å²) in [5, 5.41) is 7.62. The maximum Gasteiger partial charge on any atom is 0.191 e. The van der Waals surface area contributed by atoms with Crippen molar-refractivity contribution in [3.63, 3.8) is 0 Å². The van der Waals surface area contributed by atoms with Gasteiger partial charge in [0.15, 0.2) is 5.96 Å². The molecule has 0 saturated carbocycles. The molecule has 0 aromatic heterocycles. The van der Waals surface area contributed by atoms with Gasteiger partial charge in [0.1, 0.15) is 0 Å². The van der Waals surface area contributed by atoms with E-state index in [1.165, 1.54) is 5.69 Å². The number of nitrogens with zero attached hydrogens (tertiary/aromatic N) is 2. The number of guanidine groups is 1. The van der Waals surface area contributed by atoms with E-state index in [-0.39, 0.29) is 24.0 Å². The van der Waals surface area contributed by atoms with Crippen molar-refractivity contribution >= 4 is 59.0 Å². The lowest BCUT2D eigenvalue weighted by atomic mass is 10.3. The first-order valence-electron chi connectivity index (χ1n) is 7.19. The van der Waals surface area contributed by atoms with Crippen LogP contribution in [-0.4, -0.2) is 50.7 Å². The summed E-state index contributed by atoms with van der Waals surface area (Å²) in [6.07, 6.45) is 3.22. The average molecular weight is 455 g/mol. The average Bonchev–Trinajstić information content (AvgIpc) is 2.95. The van der Waals surface area contributed by atoms with Gasteiger partial charge in [-0.3, -0.25) is 4.99 Å². The molecule has 1 atom stereocenters. The van der Waals surface area contributed by atoms with Gasteiger partial charge in [0, 0.05) is 49.2 Å². The first kappa shape index (κ1) is 19.7. The fraction of sp³-hybridized carbons (Fsp3) is 0.533. The summed E-state index contributed by atoms with van der Waals surface area (Å²) >= 11 is 7.89. The SMILES string of the molecule is CN=C(NCCSC)NC1CCN(c2cccc(Cl)c2)C1.I. The molecule has 0 radical (unpaired) electrons. The van der Waals surface area contributed by atoms with E-state index < -0.39 is 0 Å². The Balaban J connectivity index is 0.00000242. The van der Waals surface area contributed by atoms with E-state index >= 15 is 0 Å². The zero-order valence-electron chi connectivity index (χ0n) is 13.0. The van der Waals surface area contributed by atoms with E-state index in [0.717, 1.165) is 42.8 Å². The normalized spacial score (nSPS) is 18.0. The third-order valence-corrected chi connectivity index (χ3v) is 4.37. The minimum atomic E-state index is 0. The zero-order valence-corrected chi connectivity index (χ0v) is 16.9. The Morgan fingerprint density at radius 1 is 1.50 bits per heavy atom. The van der Waals surface area contributed by atoms with Gasteiger partial charge >= 0.3 is 0 Å². The van der Waals surface area contributed by atoms with Crippen molar-refractivity contribution in [1.29, 1.82) is 0 Å². The highest BCUT2D eigenvalue weighted by Crippen LogP contribution is 2.23. The van der Waals surface area contributed by atoms with Crippen LogP contribution in [0.4, 0.5) is 5.69 Å². The minimum absolute atomic E-state index is 0. The Bertz CT molecular complexity index is 486. The van der Waals surface area contributed by atoms with Crippen molar-refractivity contribution in [1.82, 2.24) is 10.6 Å². The van der Waals surface area contributed by atoms with Crippen LogP contribution in [-0.2, 0) is 0 Å². The summed E-state index contributed by atoms with van der Waals surface area (Å²) in [5.41, 5.74) is 1.19. The maximum absolute atomic E-state index is 6.06. The lowest BCUT2D eigenvalue weighted by Gasteiger charge is -2.20. The topological polar surface area (TPSA) is 39.7 Å². The van der Waals surface area contributed by atoms with Crippen LogP contribution >= 0.6 is 47.3 Å². The number of rotatable bonds is 5. The van der Waals surface area contributed by atoms with E-state index in [2.05, 4.69) is 32.8 Å². The van der Waals surface area contributed by atoms with Gasteiger partial charge in [-0.25, -0.2) is 0 Å². The Labute approximate surface area is 159 Å². The summed E-state index contributed by atoms with van der Waals surface area (Å²) in [7, 11) is 1.82. The summed E-state index contributed by atoms with van der Waals surface area (Å²) < 4.78 is 0. The molecular weight excluding hydrogens is 431 g/mol. The summed E-state index contributed by atoms with van der Waals surface area (Å²) in [4.78, 5) is 6.64. The van der Waals surface area contributed by atoms with Gasteiger partial charge in [-0.1, -0.05) is 17.7 Å². The van der Waals surface area contributed by atoms with Crippen LogP contribution < -0.4 is 15.5 Å². The number of halogens is 2. The van der Waals surface area contributed by atoms with Crippen LogP contribution in [0.25, 0.3) is 0 Å². The molecule has 1 aromatic carbocycles. The molecule has 7 heteroatoms. The summed E-state index contributed by atoms with van der Waals surface area (Å²) in [5.74, 6) is 1.97. The van der Waals surface area contributed by atoms with Gasteiger partial charge in [-0.15, -0.1) is 24.0 Å². The van der Waals surface area contributed by atoms with Crippen molar-refractivity contribution in [2.75, 3.05) is 43.6 Å². The maximum atomic E-state index is 6.06. The third kappa shape index (κ3) is 6.04. The van der Waals surface area contributed by atoms with Crippen LogP contribution in [0.3, 0.4) is 0 Å². The molecule has 124 valence electrons. The van der Waals surface area contributed by atoms with Gasteiger partial charge in [0.05, 0.1) is 0 Å². The molecule has 0 amide bonds. The minimum Gasteiger partial charge on any atom is -0.369 e. The molecule has 2 N–H and O–H groups in total. The molecular formula is C15H24ClIN4S. The number of thioether (sulfide) groups is 1. The Hall–Kier alpha value is -0.340. The van der Waals surface area contributed by atoms with Crippen molar-refractivity contribution < 1.29 is 0 Å². The fourth-order valence-electron chi connectivity index (χ4n) is 2.44. The molecule has 4 nitrogen and oxygen atoms in total. The molecule has 1 fully saturated rings. The predicted octanol–water partition coefficient (Wildman–Crippen LogP) is 3.06. The lowest BCUT2D eigenvalue weighted by molar-refractivity contribution is 0.652. The fourth-order valence-corrected chi connectivity index (χ4v) is 2.94. The molecule has 1 saturated heterocycles. The van der Waals surface area contributed by atoms with Crippen molar-refractivity contribution in [3.05, 3.63) is 29.3 Å². The molecule has 1 unspecified atom stereocenters. The Morgan fingerprint density at radius 3 is 3.00 bits per heavy atom. The van der Waals surface area contributed by atoms with Crippen molar-refractivity contribution in [3.8, 4) is 0 Å². The summed E-state index contributed by atoms with van der Waals surface area (Å²) in [6.45, 7) is 2.95. The molecule has 22 heavy (non-hydrogen) atoms. The quantitative estimate of drug-likeness (QED) is 0.310. The molecule has 0 aliphatic carbocycles. The number of benzene rings is 1. The van der Waals surface area contributed by atoms with E-state index in [9.17, 15) is 0 Å². The third-order valence-electron chi connectivity index (χ3n) is 3.52. The number of anilines is 1. The predicted molar refractivity (Wildman–Crippen MR) is 110 cm³/mol. The largest absolute Gasteiger partial charge is 0.369 e. The Morgan fingerprint density at radius 2 is 2.32 bits per heavy atom. The van der Waals surface area contributed by atoms with Crippen molar-refractivity contribution in [2.45, 2.75) is 12.5 Å². The van der Waals surface area contributed by atoms with E-state index in [0.29, 0.717) is 6.04 Å². The number of aliphatic imine (C=N–C) groups is 1. The first-order valence-corrected chi connectivity index (χ1v) is 8.96. The van der Waals surface area contributed by atoms with Crippen LogP contribution in [0, 0.1) is 0 Å². The highest BCUT2D eigenvalue weighted by Gasteiger charge is 2.23.